The van der Waals surface area contributed by atoms with Gasteiger partial charge in [-0.05, 0) is 18.4 Å². The van der Waals surface area contributed by atoms with Crippen LogP contribution in [0, 0.1) is 0 Å². The number of rotatable bonds is 4. The first-order valence-electron chi connectivity index (χ1n) is 6.07. The Bertz CT molecular complexity index is 234. The van der Waals surface area contributed by atoms with Crippen molar-refractivity contribution in [2.45, 2.75) is 46.6 Å². The van der Waals surface area contributed by atoms with Gasteiger partial charge in [0.15, 0.2) is 0 Å². The number of benzene rings is 1. The second kappa shape index (κ2) is 13.8. The maximum atomic E-state index is 10.2. The Hall–Kier alpha value is -1.15. The number of carbonyl (C=O) groups is 1. The van der Waals surface area contributed by atoms with Gasteiger partial charge in [0.05, 0.1) is 6.04 Å². The van der Waals surface area contributed by atoms with Gasteiger partial charge in [-0.3, -0.25) is 0 Å². The van der Waals surface area contributed by atoms with E-state index in [2.05, 4.69) is 0 Å². The molecule has 0 aliphatic heterocycles. The van der Waals surface area contributed by atoms with Crippen LogP contribution in [0.1, 0.15) is 39.7 Å². The molecule has 0 spiro atoms. The molecule has 92 valence electrons. The van der Waals surface area contributed by atoms with Crippen molar-refractivity contribution in [2.24, 2.45) is 5.73 Å². The third kappa shape index (κ3) is 9.41. The second-order valence-corrected chi connectivity index (χ2v) is 2.82. The van der Waals surface area contributed by atoms with Crippen molar-refractivity contribution in [2.75, 3.05) is 0 Å². The molecular formula is C14H25NO. The summed E-state index contributed by atoms with van der Waals surface area (Å²) in [6, 6.07) is 9.71. The smallest absolute Gasteiger partial charge is 0.136 e. The van der Waals surface area contributed by atoms with Gasteiger partial charge in [-0.1, -0.05) is 58.0 Å². The minimum absolute atomic E-state index is 0.315. The van der Waals surface area contributed by atoms with Crippen LogP contribution in [0.15, 0.2) is 30.3 Å². The summed E-state index contributed by atoms with van der Waals surface area (Å²) in [6.07, 6.45) is 2.40. The number of carbonyl (C=O) groups excluding carboxylic acids is 1. The van der Waals surface area contributed by atoms with Crippen LogP contribution in [0.25, 0.3) is 0 Å². The SMILES string of the molecule is CC.CC.NC(C=O)CCc1ccccc1. The maximum absolute atomic E-state index is 10.2. The van der Waals surface area contributed by atoms with E-state index in [0.29, 0.717) is 0 Å². The summed E-state index contributed by atoms with van der Waals surface area (Å²) in [5, 5.41) is 0. The van der Waals surface area contributed by atoms with Crippen LogP contribution in [0.3, 0.4) is 0 Å². The van der Waals surface area contributed by atoms with Gasteiger partial charge >= 0.3 is 0 Å². The average Bonchev–Trinajstić information content (AvgIpc) is 2.41. The molecule has 0 saturated carbocycles. The van der Waals surface area contributed by atoms with Crippen molar-refractivity contribution in [1.29, 1.82) is 0 Å². The Morgan fingerprint density at radius 3 is 2.06 bits per heavy atom. The zero-order chi connectivity index (χ0) is 12.8. The average molecular weight is 223 g/mol. The summed E-state index contributed by atoms with van der Waals surface area (Å²) in [5.74, 6) is 0. The fourth-order valence-electron chi connectivity index (χ4n) is 1.05. The fraction of sp³-hybridized carbons (Fsp3) is 0.500. The van der Waals surface area contributed by atoms with Crippen LogP contribution >= 0.6 is 0 Å². The van der Waals surface area contributed by atoms with Gasteiger partial charge in [0.2, 0.25) is 0 Å². The first-order valence-corrected chi connectivity index (χ1v) is 6.07. The molecule has 0 heterocycles. The normalized spacial score (nSPS) is 10.1. The monoisotopic (exact) mass is 223 g/mol. The minimum Gasteiger partial charge on any atom is -0.322 e. The Morgan fingerprint density at radius 1 is 1.12 bits per heavy atom. The third-order valence-corrected chi connectivity index (χ3v) is 1.78. The standard InChI is InChI=1S/C10H13NO.2C2H6/c11-10(8-12)7-6-9-4-2-1-3-5-9;2*1-2/h1-5,8,10H,6-7,11H2;2*1-2H3. The summed E-state index contributed by atoms with van der Waals surface area (Å²) in [7, 11) is 0. The van der Waals surface area contributed by atoms with E-state index in [-0.39, 0.29) is 6.04 Å². The number of aryl methyl sites for hydroxylation is 1. The zero-order valence-electron chi connectivity index (χ0n) is 10.9. The van der Waals surface area contributed by atoms with Crippen LogP contribution < -0.4 is 5.73 Å². The van der Waals surface area contributed by atoms with Gasteiger partial charge in [0, 0.05) is 0 Å². The van der Waals surface area contributed by atoms with Crippen LogP contribution in [0.5, 0.6) is 0 Å². The number of nitrogens with two attached hydrogens (primary N) is 1. The van der Waals surface area contributed by atoms with Gasteiger partial charge in [-0.25, -0.2) is 0 Å². The van der Waals surface area contributed by atoms with E-state index >= 15 is 0 Å². The molecular weight excluding hydrogens is 198 g/mol. The summed E-state index contributed by atoms with van der Waals surface area (Å²) in [5.41, 5.74) is 6.68. The number of hydrogen-bond donors (Lipinski definition) is 1. The van der Waals surface area contributed by atoms with Crippen LogP contribution in [0.4, 0.5) is 0 Å². The second-order valence-electron chi connectivity index (χ2n) is 2.82. The van der Waals surface area contributed by atoms with Crippen molar-refractivity contribution >= 4 is 6.29 Å². The Morgan fingerprint density at radius 2 is 1.62 bits per heavy atom. The topological polar surface area (TPSA) is 43.1 Å². The zero-order valence-corrected chi connectivity index (χ0v) is 10.9. The number of hydrogen-bond acceptors (Lipinski definition) is 2. The Kier molecular flexibility index (Phi) is 14.9. The minimum atomic E-state index is -0.315. The summed E-state index contributed by atoms with van der Waals surface area (Å²) in [6.45, 7) is 8.00. The lowest BCUT2D eigenvalue weighted by molar-refractivity contribution is -0.109. The van der Waals surface area contributed by atoms with Gasteiger partial charge in [0.1, 0.15) is 6.29 Å². The van der Waals surface area contributed by atoms with Crippen molar-refractivity contribution in [3.05, 3.63) is 35.9 Å². The van der Waals surface area contributed by atoms with Crippen molar-refractivity contribution in [3.63, 3.8) is 0 Å². The van der Waals surface area contributed by atoms with Gasteiger partial charge in [-0.2, -0.15) is 0 Å². The highest BCUT2D eigenvalue weighted by molar-refractivity contribution is 5.56. The highest BCUT2D eigenvalue weighted by Gasteiger charge is 1.99. The third-order valence-electron chi connectivity index (χ3n) is 1.78. The molecule has 0 bridgehead atoms. The van der Waals surface area contributed by atoms with Crippen molar-refractivity contribution in [3.8, 4) is 0 Å². The van der Waals surface area contributed by atoms with Gasteiger partial charge in [-0.15, -0.1) is 0 Å². The molecule has 1 unspecified atom stereocenters. The molecule has 0 amide bonds. The molecule has 0 aliphatic rings. The van der Waals surface area contributed by atoms with Crippen LogP contribution in [-0.2, 0) is 11.2 Å². The van der Waals surface area contributed by atoms with E-state index < -0.39 is 0 Å². The predicted molar refractivity (Wildman–Crippen MR) is 71.5 cm³/mol. The molecule has 1 atom stereocenters. The lowest BCUT2D eigenvalue weighted by atomic mass is 10.1. The quantitative estimate of drug-likeness (QED) is 0.797. The largest absolute Gasteiger partial charge is 0.322 e. The molecule has 1 aromatic rings. The van der Waals surface area contributed by atoms with Crippen LogP contribution in [0.2, 0.25) is 0 Å². The van der Waals surface area contributed by atoms with E-state index in [4.69, 9.17) is 5.73 Å². The fourth-order valence-corrected chi connectivity index (χ4v) is 1.05. The molecule has 16 heavy (non-hydrogen) atoms. The molecule has 0 saturated heterocycles. The van der Waals surface area contributed by atoms with Gasteiger partial charge < -0.3 is 10.5 Å². The molecule has 0 aliphatic carbocycles. The molecule has 2 heteroatoms. The molecule has 0 radical (unpaired) electrons. The van der Waals surface area contributed by atoms with E-state index in [1.54, 1.807) is 0 Å². The summed E-state index contributed by atoms with van der Waals surface area (Å²) < 4.78 is 0. The first-order chi connectivity index (χ1) is 7.83. The van der Waals surface area contributed by atoms with E-state index in [1.165, 1.54) is 5.56 Å². The van der Waals surface area contributed by atoms with Crippen LogP contribution in [-0.4, -0.2) is 12.3 Å². The lowest BCUT2D eigenvalue weighted by Crippen LogP contribution is -2.21. The van der Waals surface area contributed by atoms with E-state index in [1.807, 2.05) is 58.0 Å². The molecule has 2 N–H and O–H groups in total. The van der Waals surface area contributed by atoms with E-state index in [0.717, 1.165) is 19.1 Å². The highest BCUT2D eigenvalue weighted by atomic mass is 16.1. The maximum Gasteiger partial charge on any atom is 0.136 e. The van der Waals surface area contributed by atoms with Crippen molar-refractivity contribution < 1.29 is 4.79 Å². The summed E-state index contributed by atoms with van der Waals surface area (Å²) >= 11 is 0. The molecule has 2 nitrogen and oxygen atoms in total. The molecule has 1 rings (SSSR count). The first kappa shape index (κ1) is 17.3. The van der Waals surface area contributed by atoms with Crippen molar-refractivity contribution in [1.82, 2.24) is 0 Å². The Balaban J connectivity index is 0. The van der Waals surface area contributed by atoms with Gasteiger partial charge in [0.25, 0.3) is 0 Å². The highest BCUT2D eigenvalue weighted by Crippen LogP contribution is 2.02. The molecule has 0 fully saturated rings. The predicted octanol–water partition coefficient (Wildman–Crippen LogP) is 3.20. The molecule has 0 aromatic heterocycles. The summed E-state index contributed by atoms with van der Waals surface area (Å²) in [4.78, 5) is 10.2. The van der Waals surface area contributed by atoms with E-state index in [9.17, 15) is 4.79 Å². The Labute approximate surface area is 99.9 Å². The molecule has 1 aromatic carbocycles. The lowest BCUT2D eigenvalue weighted by Gasteiger charge is -2.02. The number of aldehydes is 1.